The van der Waals surface area contributed by atoms with Crippen molar-refractivity contribution < 1.29 is 18.8 Å². The number of carbonyl (C=O) groups is 2. The molecule has 1 saturated heterocycles. The lowest BCUT2D eigenvalue weighted by molar-refractivity contribution is 0.0851. The molecule has 0 spiro atoms. The van der Waals surface area contributed by atoms with Crippen LogP contribution in [0.4, 0.5) is 4.79 Å². The van der Waals surface area contributed by atoms with E-state index in [0.717, 1.165) is 19.5 Å². The number of hydrogen-bond acceptors (Lipinski definition) is 6. The molecule has 1 aliphatic rings. The summed E-state index contributed by atoms with van der Waals surface area (Å²) in [6, 6.07) is 1.60. The molecule has 1 atom stereocenters. The van der Waals surface area contributed by atoms with Crippen LogP contribution in [0.3, 0.4) is 0 Å². The number of ether oxygens (including phenoxy) is 1. The van der Waals surface area contributed by atoms with Crippen LogP contribution in [0.15, 0.2) is 10.6 Å². The second-order valence-electron chi connectivity index (χ2n) is 4.57. The number of nitrogens with one attached hydrogen (secondary N) is 2. The first kappa shape index (κ1) is 14.3. The lowest BCUT2D eigenvalue weighted by Gasteiger charge is -2.22. The van der Waals surface area contributed by atoms with Crippen LogP contribution in [0, 0.1) is 0 Å². The van der Waals surface area contributed by atoms with Crippen molar-refractivity contribution in [3.05, 3.63) is 17.5 Å². The van der Waals surface area contributed by atoms with E-state index in [1.54, 1.807) is 11.9 Å². The van der Waals surface area contributed by atoms with Crippen LogP contribution in [-0.4, -0.2) is 55.3 Å². The molecule has 2 rings (SSSR count). The molecule has 0 bridgehead atoms. The highest BCUT2D eigenvalue weighted by Gasteiger charge is 2.24. The van der Waals surface area contributed by atoms with Crippen LogP contribution in [0.1, 0.15) is 22.7 Å². The van der Waals surface area contributed by atoms with Crippen LogP contribution in [0.25, 0.3) is 0 Å². The zero-order chi connectivity index (χ0) is 14.5. The summed E-state index contributed by atoms with van der Waals surface area (Å²) < 4.78 is 10.0. The molecule has 1 aromatic rings. The maximum Gasteiger partial charge on any atom is 0.410 e. The maximum atomic E-state index is 11.8. The number of amides is 2. The van der Waals surface area contributed by atoms with Crippen molar-refractivity contribution in [1.82, 2.24) is 20.7 Å². The lowest BCUT2D eigenvalue weighted by atomic mass is 10.2. The van der Waals surface area contributed by atoms with E-state index in [4.69, 9.17) is 9.26 Å². The minimum atomic E-state index is -0.420. The topological polar surface area (TPSA) is 96.7 Å². The predicted octanol–water partition coefficient (Wildman–Crippen LogP) is -0.0355. The molecular weight excluding hydrogens is 264 g/mol. The first-order valence-corrected chi connectivity index (χ1v) is 6.39. The first-order chi connectivity index (χ1) is 9.61. The predicted molar refractivity (Wildman–Crippen MR) is 69.1 cm³/mol. The molecule has 1 aromatic heterocycles. The van der Waals surface area contributed by atoms with Crippen LogP contribution < -0.4 is 10.6 Å². The highest BCUT2D eigenvalue weighted by molar-refractivity contribution is 5.91. The van der Waals surface area contributed by atoms with Gasteiger partial charge in [-0.1, -0.05) is 5.16 Å². The Morgan fingerprint density at radius 1 is 1.65 bits per heavy atom. The molecular formula is C12H18N4O4. The van der Waals surface area contributed by atoms with Gasteiger partial charge in [0.15, 0.2) is 18.1 Å². The van der Waals surface area contributed by atoms with Gasteiger partial charge in [0.25, 0.3) is 5.91 Å². The molecule has 20 heavy (non-hydrogen) atoms. The molecule has 110 valence electrons. The molecule has 8 heteroatoms. The van der Waals surface area contributed by atoms with Crippen molar-refractivity contribution >= 4 is 12.0 Å². The average molecular weight is 282 g/mol. The van der Waals surface area contributed by atoms with E-state index in [1.807, 2.05) is 0 Å². The molecule has 2 amide bonds. The Hall–Kier alpha value is -2.09. The molecule has 0 saturated carbocycles. The smallest absolute Gasteiger partial charge is 0.410 e. The van der Waals surface area contributed by atoms with Crippen molar-refractivity contribution in [2.75, 3.05) is 27.2 Å². The molecule has 8 nitrogen and oxygen atoms in total. The number of carbonyl (C=O) groups excluding carboxylic acids is 2. The fraction of sp³-hybridized carbons (Fsp3) is 0.583. The van der Waals surface area contributed by atoms with E-state index in [2.05, 4.69) is 15.8 Å². The quantitative estimate of drug-likeness (QED) is 0.804. The third-order valence-corrected chi connectivity index (χ3v) is 3.23. The van der Waals surface area contributed by atoms with Gasteiger partial charge in [0.05, 0.1) is 0 Å². The molecule has 1 unspecified atom stereocenters. The Morgan fingerprint density at radius 3 is 3.10 bits per heavy atom. The molecule has 1 aliphatic heterocycles. The summed E-state index contributed by atoms with van der Waals surface area (Å²) in [6.45, 7) is 1.63. The Bertz CT molecular complexity index is 482. The van der Waals surface area contributed by atoms with Crippen molar-refractivity contribution in [3.8, 4) is 0 Å². The summed E-state index contributed by atoms with van der Waals surface area (Å²) in [5.74, 6) is -0.0182. The van der Waals surface area contributed by atoms with Gasteiger partial charge in [-0.2, -0.15) is 0 Å². The van der Waals surface area contributed by atoms with Crippen molar-refractivity contribution in [2.24, 2.45) is 0 Å². The van der Waals surface area contributed by atoms with Crippen LogP contribution in [0.2, 0.25) is 0 Å². The second kappa shape index (κ2) is 6.38. The summed E-state index contributed by atoms with van der Waals surface area (Å²) in [6.07, 6.45) is 0.492. The largest absolute Gasteiger partial charge is 0.441 e. The fourth-order valence-corrected chi connectivity index (χ4v) is 1.97. The van der Waals surface area contributed by atoms with Crippen LogP contribution in [0.5, 0.6) is 0 Å². The SMILES string of the molecule is CNC(=O)c1cc(COC(=O)N(C)C2CCNC2)on1. The van der Waals surface area contributed by atoms with Gasteiger partial charge in [-0.3, -0.25) is 4.79 Å². The van der Waals surface area contributed by atoms with E-state index >= 15 is 0 Å². The van der Waals surface area contributed by atoms with E-state index < -0.39 is 6.09 Å². The lowest BCUT2D eigenvalue weighted by Crippen LogP contribution is -2.38. The Labute approximate surface area is 116 Å². The van der Waals surface area contributed by atoms with E-state index in [0.29, 0.717) is 5.76 Å². The normalized spacial score (nSPS) is 17.8. The maximum absolute atomic E-state index is 11.8. The average Bonchev–Trinajstić information content (AvgIpc) is 3.13. The molecule has 2 N–H and O–H groups in total. The van der Waals surface area contributed by atoms with Gasteiger partial charge in [0.1, 0.15) is 0 Å². The van der Waals surface area contributed by atoms with Gasteiger partial charge in [0.2, 0.25) is 0 Å². The zero-order valence-corrected chi connectivity index (χ0v) is 11.5. The second-order valence-corrected chi connectivity index (χ2v) is 4.57. The molecule has 1 fully saturated rings. The molecule has 0 aliphatic carbocycles. The minimum Gasteiger partial charge on any atom is -0.441 e. The van der Waals surface area contributed by atoms with Gasteiger partial charge in [0, 0.05) is 32.7 Å². The van der Waals surface area contributed by atoms with E-state index in [9.17, 15) is 9.59 Å². The van der Waals surface area contributed by atoms with Gasteiger partial charge in [-0.15, -0.1) is 0 Å². The first-order valence-electron chi connectivity index (χ1n) is 6.39. The van der Waals surface area contributed by atoms with E-state index in [-0.39, 0.29) is 24.2 Å². The summed E-state index contributed by atoms with van der Waals surface area (Å²) in [5.41, 5.74) is 0.159. The highest BCUT2D eigenvalue weighted by Crippen LogP contribution is 2.10. The molecule has 0 aromatic carbocycles. The van der Waals surface area contributed by atoms with Gasteiger partial charge >= 0.3 is 6.09 Å². The van der Waals surface area contributed by atoms with Crippen molar-refractivity contribution in [3.63, 3.8) is 0 Å². The van der Waals surface area contributed by atoms with Gasteiger partial charge in [-0.25, -0.2) is 4.79 Å². The Morgan fingerprint density at radius 2 is 2.45 bits per heavy atom. The summed E-state index contributed by atoms with van der Waals surface area (Å²) in [4.78, 5) is 24.7. The zero-order valence-electron chi connectivity index (χ0n) is 11.5. The van der Waals surface area contributed by atoms with Gasteiger partial charge in [-0.05, 0) is 13.0 Å². The number of likely N-dealkylation sites (N-methyl/N-ethyl adjacent to an activating group) is 1. The third-order valence-electron chi connectivity index (χ3n) is 3.23. The number of rotatable bonds is 4. The van der Waals surface area contributed by atoms with Crippen LogP contribution in [-0.2, 0) is 11.3 Å². The van der Waals surface area contributed by atoms with E-state index in [1.165, 1.54) is 13.1 Å². The van der Waals surface area contributed by atoms with Crippen molar-refractivity contribution in [1.29, 1.82) is 0 Å². The standard InChI is InChI=1S/C12H18N4O4/c1-13-11(17)10-5-9(20-15-10)7-19-12(18)16(2)8-3-4-14-6-8/h5,8,14H,3-4,6-7H2,1-2H3,(H,13,17). The Balaban J connectivity index is 1.83. The third kappa shape index (κ3) is 3.27. The fourth-order valence-electron chi connectivity index (χ4n) is 1.97. The van der Waals surface area contributed by atoms with Crippen LogP contribution >= 0.6 is 0 Å². The molecule has 0 radical (unpaired) electrons. The monoisotopic (exact) mass is 282 g/mol. The van der Waals surface area contributed by atoms with Gasteiger partial charge < -0.3 is 24.8 Å². The Kier molecular flexibility index (Phi) is 4.57. The molecule has 2 heterocycles. The summed E-state index contributed by atoms with van der Waals surface area (Å²) >= 11 is 0. The highest BCUT2D eigenvalue weighted by atomic mass is 16.6. The summed E-state index contributed by atoms with van der Waals surface area (Å²) in [7, 11) is 3.21. The minimum absolute atomic E-state index is 0.0483. The number of aromatic nitrogens is 1. The summed E-state index contributed by atoms with van der Waals surface area (Å²) in [5, 5.41) is 9.20. The number of nitrogens with zero attached hydrogens (tertiary/aromatic N) is 2. The van der Waals surface area contributed by atoms with Crippen molar-refractivity contribution in [2.45, 2.75) is 19.1 Å². The number of hydrogen-bond donors (Lipinski definition) is 2.